The molecule has 3 rings (SSSR count). The van der Waals surface area contributed by atoms with E-state index in [-0.39, 0.29) is 24.0 Å². The zero-order valence-corrected chi connectivity index (χ0v) is 20.2. The van der Waals surface area contributed by atoms with Gasteiger partial charge in [-0.25, -0.2) is 9.98 Å². The fourth-order valence-corrected chi connectivity index (χ4v) is 3.34. The highest BCUT2D eigenvalue weighted by Crippen LogP contribution is 2.24. The SMILES string of the molecule is CCNC(=NCc1ccc(Oc2cccc(OC)c2)nc1)N1CCC(COC)C1.I. The lowest BCUT2D eigenvalue weighted by Crippen LogP contribution is -2.40. The minimum absolute atomic E-state index is 0. The number of aromatic nitrogens is 1. The summed E-state index contributed by atoms with van der Waals surface area (Å²) < 4.78 is 16.3. The van der Waals surface area contributed by atoms with E-state index in [2.05, 4.69) is 22.1 Å². The summed E-state index contributed by atoms with van der Waals surface area (Å²) in [5, 5.41) is 3.39. The summed E-state index contributed by atoms with van der Waals surface area (Å²) in [5.74, 6) is 3.50. The number of likely N-dealkylation sites (tertiary alicyclic amines) is 1. The third kappa shape index (κ3) is 7.02. The largest absolute Gasteiger partial charge is 0.497 e. The predicted molar refractivity (Wildman–Crippen MR) is 129 cm³/mol. The van der Waals surface area contributed by atoms with Gasteiger partial charge in [-0.1, -0.05) is 12.1 Å². The van der Waals surface area contributed by atoms with Crippen LogP contribution in [-0.2, 0) is 11.3 Å². The first-order valence-corrected chi connectivity index (χ1v) is 10.0. The summed E-state index contributed by atoms with van der Waals surface area (Å²) >= 11 is 0. The van der Waals surface area contributed by atoms with E-state index in [9.17, 15) is 0 Å². The van der Waals surface area contributed by atoms with Crippen LogP contribution in [0.25, 0.3) is 0 Å². The predicted octanol–water partition coefficient (Wildman–Crippen LogP) is 3.93. The molecule has 1 atom stereocenters. The van der Waals surface area contributed by atoms with E-state index in [0.717, 1.165) is 49.9 Å². The van der Waals surface area contributed by atoms with Crippen molar-refractivity contribution < 1.29 is 14.2 Å². The van der Waals surface area contributed by atoms with Crippen molar-refractivity contribution in [1.82, 2.24) is 15.2 Å². The molecular weight excluding hydrogens is 495 g/mol. The van der Waals surface area contributed by atoms with Gasteiger partial charge >= 0.3 is 0 Å². The Labute approximate surface area is 195 Å². The van der Waals surface area contributed by atoms with Gasteiger partial charge in [0, 0.05) is 51.0 Å². The lowest BCUT2D eigenvalue weighted by atomic mass is 10.1. The molecule has 0 amide bonds. The van der Waals surface area contributed by atoms with E-state index in [1.165, 1.54) is 0 Å². The molecule has 1 saturated heterocycles. The molecule has 164 valence electrons. The van der Waals surface area contributed by atoms with Crippen molar-refractivity contribution in [1.29, 1.82) is 0 Å². The molecule has 1 aromatic heterocycles. The first-order chi connectivity index (χ1) is 14.2. The minimum Gasteiger partial charge on any atom is -0.497 e. The molecule has 0 saturated carbocycles. The van der Waals surface area contributed by atoms with Crippen LogP contribution in [0.5, 0.6) is 17.4 Å². The molecule has 7 nitrogen and oxygen atoms in total. The van der Waals surface area contributed by atoms with Crippen molar-refractivity contribution >= 4 is 29.9 Å². The van der Waals surface area contributed by atoms with Crippen LogP contribution in [0.2, 0.25) is 0 Å². The third-order valence-electron chi connectivity index (χ3n) is 4.80. The normalized spacial score (nSPS) is 16.2. The number of pyridine rings is 1. The number of ether oxygens (including phenoxy) is 3. The molecule has 2 heterocycles. The van der Waals surface area contributed by atoms with Crippen LogP contribution in [0.1, 0.15) is 18.9 Å². The smallest absolute Gasteiger partial charge is 0.219 e. The summed E-state index contributed by atoms with van der Waals surface area (Å²) in [6, 6.07) is 11.3. The Bertz CT molecular complexity index is 801. The van der Waals surface area contributed by atoms with Crippen LogP contribution < -0.4 is 14.8 Å². The first-order valence-electron chi connectivity index (χ1n) is 10.0. The quantitative estimate of drug-likeness (QED) is 0.320. The fraction of sp³-hybridized carbons (Fsp3) is 0.455. The maximum atomic E-state index is 5.80. The molecule has 1 aliphatic heterocycles. The molecule has 0 aliphatic carbocycles. The van der Waals surface area contributed by atoms with Gasteiger partial charge in [0.15, 0.2) is 5.96 Å². The van der Waals surface area contributed by atoms with Gasteiger partial charge in [0.2, 0.25) is 5.88 Å². The summed E-state index contributed by atoms with van der Waals surface area (Å²) in [5.41, 5.74) is 1.03. The van der Waals surface area contributed by atoms with Crippen LogP contribution in [0.3, 0.4) is 0 Å². The van der Waals surface area contributed by atoms with Crippen LogP contribution in [-0.4, -0.2) is 56.3 Å². The number of benzene rings is 1. The van der Waals surface area contributed by atoms with Gasteiger partial charge in [-0.2, -0.15) is 0 Å². The molecule has 2 aromatic rings. The van der Waals surface area contributed by atoms with Crippen molar-refractivity contribution in [2.75, 3.05) is 40.5 Å². The molecule has 0 spiro atoms. The number of guanidine groups is 1. The monoisotopic (exact) mass is 526 g/mol. The molecular formula is C22H31IN4O3. The van der Waals surface area contributed by atoms with E-state index in [4.69, 9.17) is 19.2 Å². The Morgan fingerprint density at radius 2 is 2.07 bits per heavy atom. The van der Waals surface area contributed by atoms with Gasteiger partial charge in [-0.3, -0.25) is 0 Å². The van der Waals surface area contributed by atoms with Gasteiger partial charge in [0.25, 0.3) is 0 Å². The van der Waals surface area contributed by atoms with Gasteiger partial charge in [0.1, 0.15) is 11.5 Å². The second-order valence-electron chi connectivity index (χ2n) is 7.01. The summed E-state index contributed by atoms with van der Waals surface area (Å²) in [4.78, 5) is 11.5. The van der Waals surface area contributed by atoms with Crippen LogP contribution in [0.4, 0.5) is 0 Å². The average Bonchev–Trinajstić information content (AvgIpc) is 3.21. The van der Waals surface area contributed by atoms with Gasteiger partial charge in [-0.05, 0) is 31.0 Å². The number of nitrogens with one attached hydrogen (secondary N) is 1. The lowest BCUT2D eigenvalue weighted by Gasteiger charge is -2.21. The Morgan fingerprint density at radius 3 is 2.77 bits per heavy atom. The van der Waals surface area contributed by atoms with Gasteiger partial charge < -0.3 is 24.4 Å². The maximum Gasteiger partial charge on any atom is 0.219 e. The zero-order chi connectivity index (χ0) is 20.5. The second-order valence-corrected chi connectivity index (χ2v) is 7.01. The number of halogens is 1. The Hall–Kier alpha value is -2.07. The van der Waals surface area contributed by atoms with E-state index < -0.39 is 0 Å². The Morgan fingerprint density at radius 1 is 1.23 bits per heavy atom. The van der Waals surface area contributed by atoms with E-state index >= 15 is 0 Å². The van der Waals surface area contributed by atoms with E-state index in [0.29, 0.717) is 24.1 Å². The number of methoxy groups -OCH3 is 2. The zero-order valence-electron chi connectivity index (χ0n) is 17.8. The summed E-state index contributed by atoms with van der Waals surface area (Å²) in [7, 11) is 3.39. The minimum atomic E-state index is 0. The highest BCUT2D eigenvalue weighted by atomic mass is 127. The summed E-state index contributed by atoms with van der Waals surface area (Å²) in [6.45, 7) is 6.28. The molecule has 0 bridgehead atoms. The van der Waals surface area contributed by atoms with Crippen molar-refractivity contribution in [3.05, 3.63) is 48.2 Å². The standard InChI is InChI=1S/C22H30N4O3.HI/c1-4-23-22(26-11-10-18(15-26)16-27-2)25-14-17-8-9-21(24-13-17)29-20-7-5-6-19(12-20)28-3;/h5-9,12-13,18H,4,10-11,14-16H2,1-3H3,(H,23,25);1H. The summed E-state index contributed by atoms with van der Waals surface area (Å²) in [6.07, 6.45) is 2.94. The Balaban J connectivity index is 0.00000320. The van der Waals surface area contributed by atoms with Crippen molar-refractivity contribution in [3.8, 4) is 17.4 Å². The molecule has 1 aromatic carbocycles. The highest BCUT2D eigenvalue weighted by molar-refractivity contribution is 14.0. The number of aliphatic imine (C=N–C) groups is 1. The van der Waals surface area contributed by atoms with Crippen LogP contribution in [0.15, 0.2) is 47.6 Å². The molecule has 8 heteroatoms. The van der Waals surface area contributed by atoms with E-state index in [1.807, 2.05) is 36.4 Å². The van der Waals surface area contributed by atoms with Crippen LogP contribution in [0, 0.1) is 5.92 Å². The van der Waals surface area contributed by atoms with Gasteiger partial charge in [0.05, 0.1) is 20.3 Å². The number of hydrogen-bond acceptors (Lipinski definition) is 5. The number of rotatable bonds is 8. The van der Waals surface area contributed by atoms with Crippen LogP contribution >= 0.6 is 24.0 Å². The van der Waals surface area contributed by atoms with Crippen molar-refractivity contribution in [3.63, 3.8) is 0 Å². The first kappa shape index (κ1) is 24.2. The molecule has 1 unspecified atom stereocenters. The number of hydrogen-bond donors (Lipinski definition) is 1. The molecule has 1 N–H and O–H groups in total. The third-order valence-corrected chi connectivity index (χ3v) is 4.80. The molecule has 1 aliphatic rings. The lowest BCUT2D eigenvalue weighted by molar-refractivity contribution is 0.157. The van der Waals surface area contributed by atoms with Gasteiger partial charge in [-0.15, -0.1) is 24.0 Å². The molecule has 30 heavy (non-hydrogen) atoms. The number of nitrogens with zero attached hydrogens (tertiary/aromatic N) is 3. The fourth-order valence-electron chi connectivity index (χ4n) is 3.34. The highest BCUT2D eigenvalue weighted by Gasteiger charge is 2.24. The second kappa shape index (κ2) is 12.6. The topological polar surface area (TPSA) is 68.2 Å². The average molecular weight is 526 g/mol. The Kier molecular flexibility index (Phi) is 10.2. The maximum absolute atomic E-state index is 5.80. The van der Waals surface area contributed by atoms with E-state index in [1.54, 1.807) is 20.4 Å². The molecule has 1 fully saturated rings. The van der Waals surface area contributed by atoms with Crippen molar-refractivity contribution in [2.45, 2.75) is 19.9 Å². The van der Waals surface area contributed by atoms with Crippen molar-refractivity contribution in [2.24, 2.45) is 10.9 Å². The molecule has 0 radical (unpaired) electrons.